The number of fused-ring (bicyclic) bond motifs is 1. The van der Waals surface area contributed by atoms with Crippen molar-refractivity contribution in [1.82, 2.24) is 15.1 Å². The molecule has 36 heavy (non-hydrogen) atoms. The molecule has 1 aromatic rings. The van der Waals surface area contributed by atoms with Crippen molar-refractivity contribution in [2.45, 2.75) is 81.6 Å². The summed E-state index contributed by atoms with van der Waals surface area (Å²) in [5.41, 5.74) is 0.858. The molecule has 5 rings (SSSR count). The molecule has 0 unspecified atom stereocenters. The van der Waals surface area contributed by atoms with Gasteiger partial charge in [-0.15, -0.1) is 0 Å². The number of methoxy groups -OCH3 is 1. The molecular weight excluding hydrogens is 458 g/mol. The molecule has 1 aliphatic carbocycles. The fraction of sp³-hybridized carbons (Fsp3) is 0.679. The van der Waals surface area contributed by atoms with E-state index in [9.17, 15) is 14.4 Å². The lowest BCUT2D eigenvalue weighted by molar-refractivity contribution is -0.142. The zero-order valence-corrected chi connectivity index (χ0v) is 21.5. The number of nitrogens with one attached hydrogen (secondary N) is 1. The number of hydrogen-bond acceptors (Lipinski definition) is 6. The molecule has 1 aromatic carbocycles. The first-order valence-corrected chi connectivity index (χ1v) is 13.6. The van der Waals surface area contributed by atoms with Crippen LogP contribution in [0, 0.1) is 0 Å². The van der Waals surface area contributed by atoms with Crippen molar-refractivity contribution in [3.05, 3.63) is 35.4 Å². The smallest absolute Gasteiger partial charge is 0.252 e. The predicted octanol–water partition coefficient (Wildman–Crippen LogP) is 2.51. The van der Waals surface area contributed by atoms with E-state index in [1.807, 2.05) is 12.1 Å². The number of ketones is 1. The van der Waals surface area contributed by atoms with Crippen molar-refractivity contribution in [1.29, 1.82) is 0 Å². The minimum atomic E-state index is -0.988. The third kappa shape index (κ3) is 4.71. The molecular formula is C28H39N3O5. The van der Waals surface area contributed by atoms with Gasteiger partial charge in [-0.3, -0.25) is 14.4 Å². The average molecular weight is 498 g/mol. The fourth-order valence-corrected chi connectivity index (χ4v) is 6.68. The summed E-state index contributed by atoms with van der Waals surface area (Å²) in [4.78, 5) is 43.9. The zero-order chi connectivity index (χ0) is 25.3. The lowest BCUT2D eigenvalue weighted by atomic mass is 9.88. The Hall–Kier alpha value is -2.29. The number of hydrogen-bond donors (Lipinski definition) is 1. The average Bonchev–Trinajstić information content (AvgIpc) is 3.62. The van der Waals surface area contributed by atoms with Crippen molar-refractivity contribution in [2.75, 3.05) is 39.9 Å². The number of amides is 2. The van der Waals surface area contributed by atoms with Crippen LogP contribution < -0.4 is 5.32 Å². The predicted molar refractivity (Wildman–Crippen MR) is 135 cm³/mol. The second-order valence-corrected chi connectivity index (χ2v) is 10.9. The molecule has 3 heterocycles. The zero-order valence-electron chi connectivity index (χ0n) is 21.5. The van der Waals surface area contributed by atoms with Crippen LogP contribution in [0.5, 0.6) is 0 Å². The quantitative estimate of drug-likeness (QED) is 0.623. The SMILES string of the molecule is CCCN1CCC(c2ccc(C(=O)NC3(C(=O)N4C[C@@H](OC)[C@H]5OCC(=O)[C@H]54)CCCC3)cc2)CC1. The van der Waals surface area contributed by atoms with Gasteiger partial charge in [-0.05, 0) is 75.4 Å². The highest BCUT2D eigenvalue weighted by molar-refractivity contribution is 6.01. The van der Waals surface area contributed by atoms with Gasteiger partial charge in [0.05, 0.1) is 6.54 Å². The number of carbonyl (C=O) groups is 3. The van der Waals surface area contributed by atoms with Crippen LogP contribution in [0.1, 0.15) is 73.7 Å². The summed E-state index contributed by atoms with van der Waals surface area (Å²) in [5.74, 6) is 0.0179. The lowest BCUT2D eigenvalue weighted by Crippen LogP contribution is -2.60. The van der Waals surface area contributed by atoms with Crippen molar-refractivity contribution < 1.29 is 23.9 Å². The number of carbonyl (C=O) groups excluding carboxylic acids is 3. The Bertz CT molecular complexity index is 966. The normalized spacial score (nSPS) is 28.4. The van der Waals surface area contributed by atoms with Crippen LogP contribution >= 0.6 is 0 Å². The number of benzene rings is 1. The van der Waals surface area contributed by atoms with E-state index in [1.54, 1.807) is 12.0 Å². The number of likely N-dealkylation sites (tertiary alicyclic amines) is 2. The lowest BCUT2D eigenvalue weighted by Gasteiger charge is -2.35. The van der Waals surface area contributed by atoms with Crippen molar-refractivity contribution in [3.63, 3.8) is 0 Å². The Morgan fingerprint density at radius 1 is 1.14 bits per heavy atom. The largest absolute Gasteiger partial charge is 0.377 e. The molecule has 0 aromatic heterocycles. The molecule has 4 aliphatic rings. The highest BCUT2D eigenvalue weighted by Gasteiger charge is 2.56. The van der Waals surface area contributed by atoms with Crippen LogP contribution in [0.4, 0.5) is 0 Å². The summed E-state index contributed by atoms with van der Waals surface area (Å²) in [6.45, 7) is 5.95. The number of Topliss-reactive ketones (excluding diaryl/α,β-unsaturated/α-hetero) is 1. The molecule has 4 fully saturated rings. The van der Waals surface area contributed by atoms with Gasteiger partial charge in [0.15, 0.2) is 5.78 Å². The van der Waals surface area contributed by atoms with Gasteiger partial charge >= 0.3 is 0 Å². The summed E-state index contributed by atoms with van der Waals surface area (Å²) in [5, 5.41) is 3.10. The van der Waals surface area contributed by atoms with Crippen molar-refractivity contribution >= 4 is 17.6 Å². The molecule has 1 saturated carbocycles. The summed E-state index contributed by atoms with van der Waals surface area (Å²) >= 11 is 0. The fourth-order valence-electron chi connectivity index (χ4n) is 6.68. The van der Waals surface area contributed by atoms with Gasteiger partial charge in [-0.2, -0.15) is 0 Å². The van der Waals surface area contributed by atoms with Crippen molar-refractivity contribution in [2.24, 2.45) is 0 Å². The van der Waals surface area contributed by atoms with E-state index in [4.69, 9.17) is 9.47 Å². The molecule has 2 amide bonds. The molecule has 1 N–H and O–H groups in total. The standard InChI is InChI=1S/C28H39N3O5/c1-3-14-30-15-10-20(11-16-30)19-6-8-21(9-7-19)26(33)29-28(12-4-5-13-28)27(34)31-17-23(35-2)25-24(31)22(32)18-36-25/h6-9,20,23-25H,3-5,10-18H2,1-2H3,(H,29,33)/t23-,24-,25-/m1/s1. The Balaban J connectivity index is 1.27. The van der Waals surface area contributed by atoms with E-state index in [-0.39, 0.29) is 30.3 Å². The number of ether oxygens (including phenoxy) is 2. The van der Waals surface area contributed by atoms with Gasteiger partial charge in [0.2, 0.25) is 5.91 Å². The Morgan fingerprint density at radius 2 is 1.83 bits per heavy atom. The molecule has 3 saturated heterocycles. The van der Waals surface area contributed by atoms with Gasteiger partial charge in [0.25, 0.3) is 5.91 Å². The summed E-state index contributed by atoms with van der Waals surface area (Å²) in [7, 11) is 1.58. The summed E-state index contributed by atoms with van der Waals surface area (Å²) < 4.78 is 11.2. The Labute approximate surface area is 213 Å². The first-order chi connectivity index (χ1) is 17.5. The maximum Gasteiger partial charge on any atom is 0.252 e. The molecule has 196 valence electrons. The Morgan fingerprint density at radius 3 is 2.47 bits per heavy atom. The number of nitrogens with zero attached hydrogens (tertiary/aromatic N) is 2. The Kier molecular flexibility index (Phi) is 7.47. The third-order valence-corrected chi connectivity index (χ3v) is 8.69. The molecule has 0 spiro atoms. The van der Waals surface area contributed by atoms with Crippen LogP contribution in [0.15, 0.2) is 24.3 Å². The topological polar surface area (TPSA) is 88.2 Å². The molecule has 0 bridgehead atoms. The second-order valence-electron chi connectivity index (χ2n) is 10.9. The second kappa shape index (κ2) is 10.6. The summed E-state index contributed by atoms with van der Waals surface area (Å²) in [6, 6.07) is 7.29. The van der Waals surface area contributed by atoms with E-state index < -0.39 is 17.7 Å². The van der Waals surface area contributed by atoms with Gasteiger partial charge in [0, 0.05) is 12.7 Å². The van der Waals surface area contributed by atoms with Crippen molar-refractivity contribution in [3.8, 4) is 0 Å². The van der Waals surface area contributed by atoms with Gasteiger partial charge in [0.1, 0.15) is 30.4 Å². The van der Waals surface area contributed by atoms with Crippen LogP contribution in [0.25, 0.3) is 0 Å². The highest BCUT2D eigenvalue weighted by Crippen LogP contribution is 2.37. The van der Waals surface area contributed by atoms with E-state index in [2.05, 4.69) is 29.3 Å². The molecule has 0 radical (unpaired) electrons. The number of rotatable bonds is 7. The molecule has 3 atom stereocenters. The first-order valence-electron chi connectivity index (χ1n) is 13.6. The van der Waals surface area contributed by atoms with Gasteiger partial charge < -0.3 is 24.6 Å². The van der Waals surface area contributed by atoms with Crippen LogP contribution in [-0.2, 0) is 19.1 Å². The molecule has 8 nitrogen and oxygen atoms in total. The van der Waals surface area contributed by atoms with Gasteiger partial charge in [-0.25, -0.2) is 0 Å². The monoisotopic (exact) mass is 497 g/mol. The van der Waals surface area contributed by atoms with Crippen LogP contribution in [0.3, 0.4) is 0 Å². The maximum atomic E-state index is 13.9. The van der Waals surface area contributed by atoms with Crippen LogP contribution in [0.2, 0.25) is 0 Å². The van der Waals surface area contributed by atoms with Gasteiger partial charge in [-0.1, -0.05) is 31.9 Å². The minimum Gasteiger partial charge on any atom is -0.377 e. The van der Waals surface area contributed by atoms with E-state index in [1.165, 1.54) is 18.5 Å². The molecule has 8 heteroatoms. The van der Waals surface area contributed by atoms with E-state index in [0.717, 1.165) is 38.8 Å². The van der Waals surface area contributed by atoms with Crippen LogP contribution in [-0.4, -0.2) is 91.1 Å². The first kappa shape index (κ1) is 25.4. The number of piperidine rings is 1. The minimum absolute atomic E-state index is 0.00229. The third-order valence-electron chi connectivity index (χ3n) is 8.69. The van der Waals surface area contributed by atoms with E-state index in [0.29, 0.717) is 30.9 Å². The highest BCUT2D eigenvalue weighted by atomic mass is 16.5. The molecule has 3 aliphatic heterocycles. The maximum absolute atomic E-state index is 13.9. The van der Waals surface area contributed by atoms with E-state index >= 15 is 0 Å². The summed E-state index contributed by atoms with van der Waals surface area (Å²) in [6.07, 6.45) is 5.60.